The van der Waals surface area contributed by atoms with Crippen LogP contribution in [0.15, 0.2) is 72.6 Å². The highest BCUT2D eigenvalue weighted by Gasteiger charge is 2.04. The molecule has 1 aromatic heterocycles. The van der Waals surface area contributed by atoms with Crippen LogP contribution >= 0.6 is 11.3 Å². The lowest BCUT2D eigenvalue weighted by Gasteiger charge is -2.10. The topological polar surface area (TPSA) is 70.6 Å². The van der Waals surface area contributed by atoms with Gasteiger partial charge in [-0.1, -0.05) is 61.2 Å². The Kier molecular flexibility index (Phi) is 7.58. The zero-order valence-corrected chi connectivity index (χ0v) is 16.9. The van der Waals surface area contributed by atoms with E-state index in [0.717, 1.165) is 16.0 Å². The van der Waals surface area contributed by atoms with Gasteiger partial charge in [0, 0.05) is 18.0 Å². The van der Waals surface area contributed by atoms with Crippen molar-refractivity contribution in [3.05, 3.63) is 88.6 Å². The van der Waals surface area contributed by atoms with Gasteiger partial charge >= 0.3 is 5.97 Å². The van der Waals surface area contributed by atoms with Crippen LogP contribution in [0.4, 0.5) is 0 Å². The average Bonchev–Trinajstić information content (AvgIpc) is 3.21. The predicted octanol–water partition coefficient (Wildman–Crippen LogP) is 4.67. The van der Waals surface area contributed by atoms with Gasteiger partial charge in [-0.3, -0.25) is 15.1 Å². The van der Waals surface area contributed by atoms with E-state index in [4.69, 9.17) is 9.94 Å². The maximum atomic E-state index is 10.5. The van der Waals surface area contributed by atoms with E-state index in [1.807, 2.05) is 42.5 Å². The molecule has 0 aliphatic heterocycles. The normalized spacial score (nSPS) is 10.6. The van der Waals surface area contributed by atoms with E-state index in [1.54, 1.807) is 11.3 Å². The molecule has 0 spiro atoms. The van der Waals surface area contributed by atoms with Crippen molar-refractivity contribution in [2.45, 2.75) is 19.6 Å². The highest BCUT2D eigenvalue weighted by Crippen LogP contribution is 2.25. The number of aliphatic carboxylic acids is 1. The molecule has 0 unspecified atom stereocenters. The zero-order valence-electron chi connectivity index (χ0n) is 16.1. The SMILES string of the molecule is C=C(NOCc1cc(-c2ccccc2)cs1)c1ccc(CNCCC(=O)O)cc1. The summed E-state index contributed by atoms with van der Waals surface area (Å²) in [6.07, 6.45) is 0.118. The van der Waals surface area contributed by atoms with Crippen molar-refractivity contribution in [2.24, 2.45) is 0 Å². The van der Waals surface area contributed by atoms with Crippen LogP contribution in [0.25, 0.3) is 16.8 Å². The number of carboxylic acid groups (broad SMARTS) is 1. The highest BCUT2D eigenvalue weighted by atomic mass is 32.1. The molecule has 0 aliphatic rings. The largest absolute Gasteiger partial charge is 0.481 e. The summed E-state index contributed by atoms with van der Waals surface area (Å²) in [4.78, 5) is 17.2. The first-order valence-electron chi connectivity index (χ1n) is 9.33. The summed E-state index contributed by atoms with van der Waals surface area (Å²) in [5.74, 6) is -0.797. The quantitative estimate of drug-likeness (QED) is 0.318. The summed E-state index contributed by atoms with van der Waals surface area (Å²) in [6.45, 7) is 5.56. The molecule has 0 atom stereocenters. The van der Waals surface area contributed by atoms with Crippen LogP contribution in [0.3, 0.4) is 0 Å². The summed E-state index contributed by atoms with van der Waals surface area (Å²) < 4.78 is 0. The number of hydrogen-bond donors (Lipinski definition) is 3. The minimum absolute atomic E-state index is 0.118. The fourth-order valence-corrected chi connectivity index (χ4v) is 3.55. The third kappa shape index (κ3) is 6.57. The number of carboxylic acids is 1. The number of rotatable bonds is 11. The van der Waals surface area contributed by atoms with Gasteiger partial charge < -0.3 is 10.4 Å². The Bertz CT molecular complexity index is 936. The predicted molar refractivity (Wildman–Crippen MR) is 117 cm³/mol. The molecule has 3 N–H and O–H groups in total. The Morgan fingerprint density at radius 3 is 2.55 bits per heavy atom. The molecular weight excluding hydrogens is 384 g/mol. The number of benzene rings is 2. The second kappa shape index (κ2) is 10.6. The van der Waals surface area contributed by atoms with Crippen LogP contribution in [-0.4, -0.2) is 17.6 Å². The molecule has 0 saturated carbocycles. The van der Waals surface area contributed by atoms with Gasteiger partial charge in [-0.25, -0.2) is 0 Å². The van der Waals surface area contributed by atoms with Crippen molar-refractivity contribution in [1.82, 2.24) is 10.8 Å². The number of nitrogens with one attached hydrogen (secondary N) is 2. The summed E-state index contributed by atoms with van der Waals surface area (Å²) in [6, 6.07) is 20.3. The summed E-state index contributed by atoms with van der Waals surface area (Å²) >= 11 is 1.67. The van der Waals surface area contributed by atoms with Gasteiger partial charge in [-0.05, 0) is 33.7 Å². The molecule has 2 aromatic carbocycles. The van der Waals surface area contributed by atoms with Gasteiger partial charge in [0.05, 0.1) is 12.1 Å². The number of hydroxylamine groups is 1. The highest BCUT2D eigenvalue weighted by molar-refractivity contribution is 7.10. The van der Waals surface area contributed by atoms with Crippen molar-refractivity contribution in [3.63, 3.8) is 0 Å². The van der Waals surface area contributed by atoms with E-state index in [2.05, 4.69) is 41.0 Å². The van der Waals surface area contributed by atoms with Crippen LogP contribution in [0.2, 0.25) is 0 Å². The molecule has 150 valence electrons. The summed E-state index contributed by atoms with van der Waals surface area (Å²) in [5.41, 5.74) is 8.02. The molecule has 3 aromatic rings. The lowest BCUT2D eigenvalue weighted by atomic mass is 10.1. The number of carbonyl (C=O) groups is 1. The number of hydrogen-bond acceptors (Lipinski definition) is 5. The Balaban J connectivity index is 1.42. The van der Waals surface area contributed by atoms with E-state index < -0.39 is 5.97 Å². The standard InChI is InChI=1S/C23H24N2O3S/c1-17(19-9-7-18(8-10-19)14-24-12-11-23(26)27)25-28-15-22-13-21(16-29-22)20-5-3-2-4-6-20/h2-10,13,16,24-25H,1,11-12,14-15H2,(H,26,27). The van der Waals surface area contributed by atoms with Gasteiger partial charge in [0.1, 0.15) is 6.61 Å². The van der Waals surface area contributed by atoms with Crippen molar-refractivity contribution in [1.29, 1.82) is 0 Å². The molecule has 5 nitrogen and oxygen atoms in total. The molecule has 6 heteroatoms. The fourth-order valence-electron chi connectivity index (χ4n) is 2.74. The first-order chi connectivity index (χ1) is 14.1. The van der Waals surface area contributed by atoms with Crippen molar-refractivity contribution in [3.8, 4) is 11.1 Å². The molecule has 29 heavy (non-hydrogen) atoms. The molecule has 1 heterocycles. The minimum atomic E-state index is -0.797. The fraction of sp³-hybridized carbons (Fsp3) is 0.174. The Labute approximate surface area is 174 Å². The van der Waals surface area contributed by atoms with Crippen LogP contribution in [0.1, 0.15) is 22.4 Å². The zero-order chi connectivity index (χ0) is 20.5. The van der Waals surface area contributed by atoms with Gasteiger partial charge in [0.15, 0.2) is 0 Å². The van der Waals surface area contributed by atoms with Gasteiger partial charge in [0.2, 0.25) is 0 Å². The van der Waals surface area contributed by atoms with E-state index in [0.29, 0.717) is 25.4 Å². The van der Waals surface area contributed by atoms with Crippen LogP contribution in [0, 0.1) is 0 Å². The van der Waals surface area contributed by atoms with E-state index >= 15 is 0 Å². The summed E-state index contributed by atoms with van der Waals surface area (Å²) in [5, 5.41) is 13.9. The van der Waals surface area contributed by atoms with E-state index in [1.165, 1.54) is 11.1 Å². The van der Waals surface area contributed by atoms with Crippen molar-refractivity contribution < 1.29 is 14.7 Å². The molecular formula is C23H24N2O3S. The molecule has 3 rings (SSSR count). The Morgan fingerprint density at radius 2 is 1.83 bits per heavy atom. The average molecular weight is 409 g/mol. The maximum Gasteiger partial charge on any atom is 0.304 e. The van der Waals surface area contributed by atoms with Crippen molar-refractivity contribution >= 4 is 23.0 Å². The van der Waals surface area contributed by atoms with Crippen LogP contribution in [0.5, 0.6) is 0 Å². The molecule has 0 amide bonds. The third-order valence-corrected chi connectivity index (χ3v) is 5.23. The minimum Gasteiger partial charge on any atom is -0.481 e. The maximum absolute atomic E-state index is 10.5. The molecule has 0 radical (unpaired) electrons. The van der Waals surface area contributed by atoms with E-state index in [9.17, 15) is 4.79 Å². The lowest BCUT2D eigenvalue weighted by Crippen LogP contribution is -2.17. The monoisotopic (exact) mass is 408 g/mol. The van der Waals surface area contributed by atoms with Crippen LogP contribution < -0.4 is 10.8 Å². The number of thiophene rings is 1. The Morgan fingerprint density at radius 1 is 1.07 bits per heavy atom. The first-order valence-corrected chi connectivity index (χ1v) is 10.2. The lowest BCUT2D eigenvalue weighted by molar-refractivity contribution is -0.136. The smallest absolute Gasteiger partial charge is 0.304 e. The molecule has 0 fully saturated rings. The van der Waals surface area contributed by atoms with Gasteiger partial charge in [-0.15, -0.1) is 11.3 Å². The summed E-state index contributed by atoms with van der Waals surface area (Å²) in [7, 11) is 0. The van der Waals surface area contributed by atoms with E-state index in [-0.39, 0.29) is 6.42 Å². The first kappa shape index (κ1) is 20.8. The van der Waals surface area contributed by atoms with Crippen molar-refractivity contribution in [2.75, 3.05) is 6.54 Å². The van der Waals surface area contributed by atoms with Crippen LogP contribution in [-0.2, 0) is 22.8 Å². The third-order valence-electron chi connectivity index (χ3n) is 4.32. The van der Waals surface area contributed by atoms with Gasteiger partial charge in [0.25, 0.3) is 0 Å². The molecule has 0 bridgehead atoms. The second-order valence-corrected chi connectivity index (χ2v) is 7.55. The Hall–Kier alpha value is -2.93. The molecule has 0 aliphatic carbocycles. The van der Waals surface area contributed by atoms with Gasteiger partial charge in [-0.2, -0.15) is 0 Å². The second-order valence-electron chi connectivity index (χ2n) is 6.55. The molecule has 0 saturated heterocycles.